The van der Waals surface area contributed by atoms with Crippen LogP contribution in [0.5, 0.6) is 11.5 Å². The first-order valence-corrected chi connectivity index (χ1v) is 10.3. The number of carbonyl (C=O) groups is 1. The van der Waals surface area contributed by atoms with Crippen molar-refractivity contribution in [2.24, 2.45) is 10.1 Å². The number of amides is 1. The van der Waals surface area contributed by atoms with Gasteiger partial charge >= 0.3 is 6.61 Å². The van der Waals surface area contributed by atoms with Crippen LogP contribution in [0.3, 0.4) is 0 Å². The molecule has 10 heteroatoms. The number of fused-ring (bicyclic) bond motifs is 1. The molecule has 0 radical (unpaired) electrons. The largest absolute Gasteiger partial charge is 0.482 e. The number of benzene rings is 2. The summed E-state index contributed by atoms with van der Waals surface area (Å²) in [5, 5.41) is 9.28. The molecule has 0 saturated heterocycles. The Kier molecular flexibility index (Phi) is 6.08. The van der Waals surface area contributed by atoms with Gasteiger partial charge in [-0.2, -0.15) is 13.9 Å². The number of rotatable bonds is 6. The molecule has 2 aromatic carbocycles. The van der Waals surface area contributed by atoms with E-state index in [0.717, 1.165) is 11.3 Å². The maximum absolute atomic E-state index is 12.3. The van der Waals surface area contributed by atoms with E-state index >= 15 is 0 Å². The standard InChI is InChI=1S/C21H18F2N4O3S/c1-2-24-21-27(25-10-13-3-6-15(7-4-13)30-20(22)23)17(12-31-21)14-5-8-18-16(9-14)26-19(28)11-29-18/h3-10,12,20H,2,11H2,1H3,(H,26,28)/b24-21?,25-10-. The molecule has 0 saturated carbocycles. The van der Waals surface area contributed by atoms with Gasteiger partial charge in [-0.15, -0.1) is 11.3 Å². The van der Waals surface area contributed by atoms with E-state index in [4.69, 9.17) is 4.74 Å². The van der Waals surface area contributed by atoms with Crippen LogP contribution in [0.4, 0.5) is 14.5 Å². The Labute approximate surface area is 180 Å². The van der Waals surface area contributed by atoms with E-state index in [1.165, 1.54) is 23.5 Å². The number of hydrogen-bond acceptors (Lipinski definition) is 6. The van der Waals surface area contributed by atoms with Crippen molar-refractivity contribution in [3.63, 3.8) is 0 Å². The summed E-state index contributed by atoms with van der Waals surface area (Å²) >= 11 is 1.44. The lowest BCUT2D eigenvalue weighted by Gasteiger charge is -2.18. The molecule has 1 amide bonds. The second-order valence-corrected chi connectivity index (χ2v) is 7.27. The Hall–Kier alpha value is -3.53. The number of thiazole rings is 1. The van der Waals surface area contributed by atoms with E-state index in [-0.39, 0.29) is 18.3 Å². The van der Waals surface area contributed by atoms with Crippen LogP contribution in [0.15, 0.2) is 57.9 Å². The minimum absolute atomic E-state index is 0.00420. The van der Waals surface area contributed by atoms with Gasteiger partial charge in [0.05, 0.1) is 17.6 Å². The lowest BCUT2D eigenvalue weighted by Crippen LogP contribution is -2.25. The molecule has 0 fully saturated rings. The molecule has 0 bridgehead atoms. The number of hydrogen-bond donors (Lipinski definition) is 1. The number of alkyl halides is 2. The van der Waals surface area contributed by atoms with Gasteiger partial charge in [-0.1, -0.05) is 0 Å². The molecule has 2 heterocycles. The molecule has 3 aromatic rings. The molecule has 0 aliphatic carbocycles. The Morgan fingerprint density at radius 2 is 2.10 bits per heavy atom. The van der Waals surface area contributed by atoms with Crippen LogP contribution >= 0.6 is 11.3 Å². The van der Waals surface area contributed by atoms with Crippen LogP contribution in [-0.2, 0) is 4.79 Å². The summed E-state index contributed by atoms with van der Waals surface area (Å²) in [5.74, 6) is 0.482. The first-order valence-electron chi connectivity index (χ1n) is 9.41. The predicted octanol–water partition coefficient (Wildman–Crippen LogP) is 3.95. The molecule has 0 spiro atoms. The predicted molar refractivity (Wildman–Crippen MR) is 114 cm³/mol. The number of nitrogens with zero attached hydrogens (tertiary/aromatic N) is 3. The third kappa shape index (κ3) is 4.80. The lowest BCUT2D eigenvalue weighted by molar-refractivity contribution is -0.118. The van der Waals surface area contributed by atoms with Crippen LogP contribution in [0.25, 0.3) is 11.3 Å². The summed E-state index contributed by atoms with van der Waals surface area (Å²) in [4.78, 5) is 16.8. The number of carbonyl (C=O) groups excluding carboxylic acids is 1. The Morgan fingerprint density at radius 1 is 1.29 bits per heavy atom. The fourth-order valence-electron chi connectivity index (χ4n) is 2.96. The quantitative estimate of drug-likeness (QED) is 0.585. The van der Waals surface area contributed by atoms with Gasteiger partial charge in [0.2, 0.25) is 4.80 Å². The molecule has 160 valence electrons. The maximum Gasteiger partial charge on any atom is 0.387 e. The number of nitrogens with one attached hydrogen (secondary N) is 1. The molecule has 0 atom stereocenters. The zero-order valence-electron chi connectivity index (χ0n) is 16.4. The van der Waals surface area contributed by atoms with Gasteiger partial charge in [0.1, 0.15) is 11.5 Å². The molecule has 1 N–H and O–H groups in total. The fraction of sp³-hybridized carbons (Fsp3) is 0.190. The van der Waals surface area contributed by atoms with Gasteiger partial charge < -0.3 is 14.8 Å². The molecule has 4 rings (SSSR count). The zero-order chi connectivity index (χ0) is 21.8. The van der Waals surface area contributed by atoms with Crippen LogP contribution in [0, 0.1) is 0 Å². The number of halogens is 2. The average Bonchev–Trinajstić information content (AvgIpc) is 3.15. The second-order valence-electron chi connectivity index (χ2n) is 6.43. The summed E-state index contributed by atoms with van der Waals surface area (Å²) in [7, 11) is 0. The van der Waals surface area contributed by atoms with Crippen LogP contribution in [-0.4, -0.2) is 36.6 Å². The van der Waals surface area contributed by atoms with Crippen molar-refractivity contribution in [2.45, 2.75) is 13.5 Å². The third-order valence-electron chi connectivity index (χ3n) is 4.31. The van der Waals surface area contributed by atoms with Gasteiger partial charge in [-0.05, 0) is 55.0 Å². The van der Waals surface area contributed by atoms with E-state index in [9.17, 15) is 13.6 Å². The van der Waals surface area contributed by atoms with Crippen LogP contribution in [0.1, 0.15) is 12.5 Å². The summed E-state index contributed by atoms with van der Waals surface area (Å²) in [5.41, 5.74) is 2.92. The van der Waals surface area contributed by atoms with E-state index in [0.29, 0.717) is 28.3 Å². The maximum atomic E-state index is 12.3. The molecule has 1 aliphatic rings. The summed E-state index contributed by atoms with van der Waals surface area (Å²) in [6.45, 7) is -0.353. The highest BCUT2D eigenvalue weighted by Crippen LogP contribution is 2.32. The highest BCUT2D eigenvalue weighted by Gasteiger charge is 2.17. The Morgan fingerprint density at radius 3 is 2.84 bits per heavy atom. The molecular formula is C21H18F2N4O3S. The van der Waals surface area contributed by atoms with Crippen molar-refractivity contribution in [1.82, 2.24) is 4.68 Å². The molecule has 31 heavy (non-hydrogen) atoms. The highest BCUT2D eigenvalue weighted by molar-refractivity contribution is 7.07. The Bertz CT molecular complexity index is 1190. The molecule has 1 aliphatic heterocycles. The van der Waals surface area contributed by atoms with E-state index < -0.39 is 6.61 Å². The number of aromatic nitrogens is 1. The van der Waals surface area contributed by atoms with Crippen molar-refractivity contribution in [1.29, 1.82) is 0 Å². The average molecular weight is 444 g/mol. The van der Waals surface area contributed by atoms with Gasteiger partial charge in [-0.3, -0.25) is 9.79 Å². The third-order valence-corrected chi connectivity index (χ3v) is 5.17. The lowest BCUT2D eigenvalue weighted by atomic mass is 10.1. The monoisotopic (exact) mass is 444 g/mol. The number of ether oxygens (including phenoxy) is 2. The van der Waals surface area contributed by atoms with Crippen molar-refractivity contribution >= 4 is 29.1 Å². The van der Waals surface area contributed by atoms with E-state index in [1.807, 2.05) is 24.4 Å². The second kappa shape index (κ2) is 9.09. The van der Waals surface area contributed by atoms with Gasteiger partial charge in [-0.25, -0.2) is 4.68 Å². The minimum Gasteiger partial charge on any atom is -0.482 e. The normalized spacial score (nSPS) is 13.9. The van der Waals surface area contributed by atoms with Gasteiger partial charge in [0.25, 0.3) is 5.91 Å². The smallest absolute Gasteiger partial charge is 0.387 e. The Balaban J connectivity index is 1.67. The molecule has 1 aromatic heterocycles. The molecule has 7 nitrogen and oxygen atoms in total. The van der Waals surface area contributed by atoms with Crippen molar-refractivity contribution in [3.8, 4) is 22.8 Å². The summed E-state index contributed by atoms with van der Waals surface area (Å²) in [6.07, 6.45) is 1.61. The summed E-state index contributed by atoms with van der Waals surface area (Å²) in [6, 6.07) is 11.7. The van der Waals surface area contributed by atoms with Crippen molar-refractivity contribution in [3.05, 3.63) is 58.2 Å². The SMILES string of the molecule is CCN=c1scc(-c2ccc3c(c2)NC(=O)CO3)n1/N=C\c1ccc(OC(F)F)cc1. The number of anilines is 1. The highest BCUT2D eigenvalue weighted by atomic mass is 32.1. The van der Waals surface area contributed by atoms with Crippen molar-refractivity contribution in [2.75, 3.05) is 18.5 Å². The van der Waals surface area contributed by atoms with E-state index in [2.05, 4.69) is 20.1 Å². The first-order chi connectivity index (χ1) is 15.0. The van der Waals surface area contributed by atoms with Crippen molar-refractivity contribution < 1.29 is 23.0 Å². The van der Waals surface area contributed by atoms with Gasteiger partial charge in [0, 0.05) is 17.5 Å². The molecular weight excluding hydrogens is 426 g/mol. The van der Waals surface area contributed by atoms with Crippen LogP contribution < -0.4 is 19.6 Å². The fourth-order valence-corrected chi connectivity index (χ4v) is 3.86. The first kappa shape index (κ1) is 20.7. The zero-order valence-corrected chi connectivity index (χ0v) is 17.2. The molecule has 0 unspecified atom stereocenters. The van der Waals surface area contributed by atoms with E-state index in [1.54, 1.807) is 29.1 Å². The minimum atomic E-state index is -2.87. The van der Waals surface area contributed by atoms with Crippen LogP contribution in [0.2, 0.25) is 0 Å². The topological polar surface area (TPSA) is 77.2 Å². The van der Waals surface area contributed by atoms with Gasteiger partial charge in [0.15, 0.2) is 6.61 Å². The summed E-state index contributed by atoms with van der Waals surface area (Å²) < 4.78 is 36.1.